The molecule has 0 aliphatic heterocycles. The van der Waals surface area contributed by atoms with Gasteiger partial charge >= 0.3 is 11.9 Å². The summed E-state index contributed by atoms with van der Waals surface area (Å²) in [7, 11) is 0. The Balaban J connectivity index is 0.000000404. The first-order valence-electron chi connectivity index (χ1n) is 13.7. The van der Waals surface area contributed by atoms with E-state index >= 15 is 0 Å². The van der Waals surface area contributed by atoms with Gasteiger partial charge in [-0.2, -0.15) is 0 Å². The summed E-state index contributed by atoms with van der Waals surface area (Å²) in [6.07, 6.45) is 22.4. The molecule has 0 heterocycles. The summed E-state index contributed by atoms with van der Waals surface area (Å²) in [6.45, 7) is 9.44. The fraction of sp³-hybridized carbons (Fsp3) is 0.733. The SMILES string of the molecule is CC(C)CCCCCC1(CCCCCC(C)C)CCCCC1.O=C(O)c1ccccc1C(=O)O. The van der Waals surface area contributed by atoms with E-state index in [1.54, 1.807) is 12.8 Å². The molecule has 1 aromatic carbocycles. The van der Waals surface area contributed by atoms with E-state index in [1.807, 2.05) is 0 Å². The summed E-state index contributed by atoms with van der Waals surface area (Å²) in [6, 6.07) is 5.48. The Kier molecular flexibility index (Phi) is 14.9. The van der Waals surface area contributed by atoms with Gasteiger partial charge in [-0.05, 0) is 55.1 Å². The van der Waals surface area contributed by atoms with E-state index in [-0.39, 0.29) is 11.1 Å². The van der Waals surface area contributed by atoms with Crippen molar-refractivity contribution < 1.29 is 19.8 Å². The minimum absolute atomic E-state index is 0.190. The molecule has 1 saturated carbocycles. The lowest BCUT2D eigenvalue weighted by molar-refractivity contribution is 0.0651. The van der Waals surface area contributed by atoms with Crippen molar-refractivity contribution in [2.45, 2.75) is 124 Å². The van der Waals surface area contributed by atoms with E-state index in [0.29, 0.717) is 0 Å². The molecule has 0 atom stereocenters. The van der Waals surface area contributed by atoms with Crippen molar-refractivity contribution in [3.63, 3.8) is 0 Å². The standard InChI is InChI=1S/C22H44.C8H6O4/c1-20(2)14-8-5-10-16-22(18-12-7-13-19-22)17-11-6-9-15-21(3)4;9-7(10)5-3-1-2-4-6(5)8(11)12/h20-21H,5-19H2,1-4H3;1-4H,(H,9,10)(H,11,12). The van der Waals surface area contributed by atoms with Crippen LogP contribution < -0.4 is 0 Å². The van der Waals surface area contributed by atoms with E-state index in [4.69, 9.17) is 10.2 Å². The second-order valence-electron chi connectivity index (χ2n) is 11.2. The monoisotopic (exact) mass is 474 g/mol. The average Bonchev–Trinajstić information content (AvgIpc) is 2.79. The summed E-state index contributed by atoms with van der Waals surface area (Å²) >= 11 is 0. The molecular formula is C30H50O4. The van der Waals surface area contributed by atoms with Gasteiger partial charge in [-0.1, -0.05) is 110 Å². The van der Waals surface area contributed by atoms with Gasteiger partial charge in [0.2, 0.25) is 0 Å². The van der Waals surface area contributed by atoms with E-state index in [0.717, 1.165) is 17.3 Å². The lowest BCUT2D eigenvalue weighted by Gasteiger charge is -2.38. The zero-order chi connectivity index (χ0) is 25.4. The maximum atomic E-state index is 10.5. The van der Waals surface area contributed by atoms with Crippen LogP contribution in [0.5, 0.6) is 0 Å². The Bertz CT molecular complexity index is 649. The van der Waals surface area contributed by atoms with Crippen LogP contribution in [-0.2, 0) is 0 Å². The highest BCUT2D eigenvalue weighted by Gasteiger charge is 2.30. The third kappa shape index (κ3) is 12.6. The first-order chi connectivity index (χ1) is 16.2. The van der Waals surface area contributed by atoms with E-state index in [9.17, 15) is 9.59 Å². The Labute approximate surface area is 208 Å². The second-order valence-corrected chi connectivity index (χ2v) is 11.2. The van der Waals surface area contributed by atoms with Crippen molar-refractivity contribution in [3.05, 3.63) is 35.4 Å². The Morgan fingerprint density at radius 1 is 0.706 bits per heavy atom. The van der Waals surface area contributed by atoms with Crippen molar-refractivity contribution >= 4 is 11.9 Å². The molecule has 34 heavy (non-hydrogen) atoms. The molecule has 4 nitrogen and oxygen atoms in total. The van der Waals surface area contributed by atoms with Gasteiger partial charge in [0, 0.05) is 0 Å². The van der Waals surface area contributed by atoms with E-state index < -0.39 is 11.9 Å². The number of carbonyl (C=O) groups is 2. The van der Waals surface area contributed by atoms with Crippen LogP contribution in [0.15, 0.2) is 24.3 Å². The minimum Gasteiger partial charge on any atom is -0.478 e. The van der Waals surface area contributed by atoms with Crippen molar-refractivity contribution in [2.24, 2.45) is 17.3 Å². The molecule has 0 bridgehead atoms. The van der Waals surface area contributed by atoms with Crippen LogP contribution in [0.1, 0.15) is 145 Å². The predicted octanol–water partition coefficient (Wildman–Crippen LogP) is 9.23. The molecule has 194 valence electrons. The second kappa shape index (κ2) is 16.7. The molecule has 2 N–H and O–H groups in total. The smallest absolute Gasteiger partial charge is 0.336 e. The van der Waals surface area contributed by atoms with Crippen LogP contribution in [0.25, 0.3) is 0 Å². The van der Waals surface area contributed by atoms with Crippen LogP contribution in [0.2, 0.25) is 0 Å². The molecule has 1 aliphatic carbocycles. The molecular weight excluding hydrogens is 424 g/mol. The molecule has 4 heteroatoms. The lowest BCUT2D eigenvalue weighted by Crippen LogP contribution is -2.24. The molecule has 2 rings (SSSR count). The van der Waals surface area contributed by atoms with Crippen molar-refractivity contribution in [3.8, 4) is 0 Å². The number of aromatic carboxylic acids is 2. The summed E-state index contributed by atoms with van der Waals surface area (Å²) < 4.78 is 0. The first kappa shape index (κ1) is 30.2. The van der Waals surface area contributed by atoms with Crippen molar-refractivity contribution in [1.82, 2.24) is 0 Å². The van der Waals surface area contributed by atoms with E-state index in [2.05, 4.69) is 27.7 Å². The van der Waals surface area contributed by atoms with Gasteiger partial charge < -0.3 is 10.2 Å². The minimum atomic E-state index is -1.23. The highest BCUT2D eigenvalue weighted by atomic mass is 16.4. The summed E-state index contributed by atoms with van der Waals surface area (Å²) in [5.74, 6) is -0.671. The third-order valence-electron chi connectivity index (χ3n) is 7.28. The molecule has 0 aromatic heterocycles. The number of benzene rings is 1. The molecule has 0 unspecified atom stereocenters. The molecule has 1 aromatic rings. The molecule has 0 radical (unpaired) electrons. The molecule has 1 fully saturated rings. The molecule has 1 aliphatic rings. The maximum Gasteiger partial charge on any atom is 0.336 e. The highest BCUT2D eigenvalue weighted by Crippen LogP contribution is 2.44. The zero-order valence-corrected chi connectivity index (χ0v) is 22.3. The van der Waals surface area contributed by atoms with Gasteiger partial charge in [0.25, 0.3) is 0 Å². The zero-order valence-electron chi connectivity index (χ0n) is 22.3. The predicted molar refractivity (Wildman–Crippen MR) is 142 cm³/mol. The fourth-order valence-electron chi connectivity index (χ4n) is 5.24. The molecule has 0 saturated heterocycles. The Morgan fingerprint density at radius 2 is 1.12 bits per heavy atom. The number of carboxylic acids is 2. The maximum absolute atomic E-state index is 10.5. The average molecular weight is 475 g/mol. The third-order valence-corrected chi connectivity index (χ3v) is 7.28. The normalized spacial score (nSPS) is 15.1. The van der Waals surface area contributed by atoms with Crippen molar-refractivity contribution in [2.75, 3.05) is 0 Å². The van der Waals surface area contributed by atoms with Gasteiger partial charge in [0.05, 0.1) is 11.1 Å². The summed E-state index contributed by atoms with van der Waals surface area (Å²) in [5.41, 5.74) is 0.378. The molecule has 0 spiro atoms. The molecule has 0 amide bonds. The van der Waals surface area contributed by atoms with E-state index in [1.165, 1.54) is 108 Å². The van der Waals surface area contributed by atoms with Crippen LogP contribution in [-0.4, -0.2) is 22.2 Å². The van der Waals surface area contributed by atoms with Crippen LogP contribution in [0.4, 0.5) is 0 Å². The highest BCUT2D eigenvalue weighted by molar-refractivity contribution is 6.01. The van der Waals surface area contributed by atoms with Crippen LogP contribution in [0, 0.1) is 17.3 Å². The van der Waals surface area contributed by atoms with Gasteiger partial charge in [0.15, 0.2) is 0 Å². The van der Waals surface area contributed by atoms with Gasteiger partial charge in [-0.3, -0.25) is 0 Å². The van der Waals surface area contributed by atoms with Crippen molar-refractivity contribution in [1.29, 1.82) is 0 Å². The number of hydrogen-bond donors (Lipinski definition) is 2. The summed E-state index contributed by atoms with van der Waals surface area (Å²) in [5, 5.41) is 17.1. The van der Waals surface area contributed by atoms with Crippen LogP contribution >= 0.6 is 0 Å². The lowest BCUT2D eigenvalue weighted by atomic mass is 9.68. The number of carboxylic acid groups (broad SMARTS) is 2. The van der Waals surface area contributed by atoms with Crippen LogP contribution in [0.3, 0.4) is 0 Å². The van der Waals surface area contributed by atoms with Gasteiger partial charge in [-0.25, -0.2) is 9.59 Å². The Morgan fingerprint density at radius 3 is 1.47 bits per heavy atom. The van der Waals surface area contributed by atoms with Gasteiger partial charge in [0.1, 0.15) is 0 Å². The quantitative estimate of drug-likeness (QED) is 0.263. The number of rotatable bonds is 14. The largest absolute Gasteiger partial charge is 0.478 e. The van der Waals surface area contributed by atoms with Gasteiger partial charge in [-0.15, -0.1) is 0 Å². The number of unbranched alkanes of at least 4 members (excludes halogenated alkanes) is 4. The topological polar surface area (TPSA) is 74.6 Å². The summed E-state index contributed by atoms with van der Waals surface area (Å²) in [4.78, 5) is 20.9. The number of hydrogen-bond acceptors (Lipinski definition) is 2. The Hall–Kier alpha value is -1.84. The fourth-order valence-corrected chi connectivity index (χ4v) is 5.24. The first-order valence-corrected chi connectivity index (χ1v) is 13.7.